The van der Waals surface area contributed by atoms with Crippen LogP contribution in [0.15, 0.2) is 76.3 Å². The van der Waals surface area contributed by atoms with Gasteiger partial charge in [-0.05, 0) is 42.5 Å². The number of carbonyl (C=O) groups is 1. The first kappa shape index (κ1) is 18.6. The van der Waals surface area contributed by atoms with Crippen LogP contribution in [-0.4, -0.2) is 16.0 Å². The number of benzene rings is 2. The van der Waals surface area contributed by atoms with Crippen LogP contribution in [0.1, 0.15) is 10.4 Å². The molecule has 144 valence electrons. The number of hydrogen-bond donors (Lipinski definition) is 2. The van der Waals surface area contributed by atoms with Crippen LogP contribution in [-0.2, 0) is 0 Å². The minimum Gasteiger partial charge on any atom is -0.508 e. The highest BCUT2D eigenvalue weighted by atomic mass is 35.5. The molecular weight excluding hydrogens is 397 g/mol. The van der Waals surface area contributed by atoms with E-state index < -0.39 is 11.7 Å². The summed E-state index contributed by atoms with van der Waals surface area (Å²) in [5.74, 6) is -0.963. The number of anilines is 1. The number of nitrogens with one attached hydrogen (secondary N) is 1. The smallest absolute Gasteiger partial charge is 0.262 e. The number of pyridine rings is 1. The van der Waals surface area contributed by atoms with Crippen molar-refractivity contribution in [3.8, 4) is 5.75 Å². The lowest BCUT2D eigenvalue weighted by Crippen LogP contribution is -2.22. The Labute approximate surface area is 168 Å². The monoisotopic (exact) mass is 409 g/mol. The molecule has 2 aromatic heterocycles. The molecule has 0 saturated carbocycles. The largest absolute Gasteiger partial charge is 0.508 e. The van der Waals surface area contributed by atoms with Crippen molar-refractivity contribution < 1.29 is 18.7 Å². The Morgan fingerprint density at radius 3 is 2.79 bits per heavy atom. The molecule has 2 aromatic carbocycles. The molecule has 0 spiro atoms. The number of rotatable bonds is 3. The van der Waals surface area contributed by atoms with E-state index >= 15 is 0 Å². The fraction of sp³-hybridized carbons (Fsp3) is 0. The van der Waals surface area contributed by atoms with E-state index in [0.29, 0.717) is 11.2 Å². The van der Waals surface area contributed by atoms with Gasteiger partial charge in [-0.15, -0.1) is 0 Å². The molecule has 0 radical (unpaired) electrons. The van der Waals surface area contributed by atoms with Crippen LogP contribution in [0.3, 0.4) is 0 Å². The van der Waals surface area contributed by atoms with Gasteiger partial charge in [0.05, 0.1) is 5.02 Å². The van der Waals surface area contributed by atoms with E-state index in [0.717, 1.165) is 0 Å². The third-order valence-corrected chi connectivity index (χ3v) is 4.33. The third-order valence-electron chi connectivity index (χ3n) is 4.04. The van der Waals surface area contributed by atoms with Crippen LogP contribution >= 0.6 is 11.6 Å². The highest BCUT2D eigenvalue weighted by Gasteiger charge is 2.15. The van der Waals surface area contributed by atoms with Gasteiger partial charge in [0, 0.05) is 17.6 Å². The first-order chi connectivity index (χ1) is 14.0. The Hall–Kier alpha value is -3.71. The number of aromatic hydroxyl groups is 1. The number of phenolic OH excluding ortho intramolecular Hbond substituents is 1. The van der Waals surface area contributed by atoms with E-state index in [-0.39, 0.29) is 33.2 Å². The predicted octanol–water partition coefficient (Wildman–Crippen LogP) is 4.81. The maximum Gasteiger partial charge on any atom is 0.262 e. The molecule has 2 heterocycles. The van der Waals surface area contributed by atoms with Gasteiger partial charge < -0.3 is 14.8 Å². The lowest BCUT2D eigenvalue weighted by molar-refractivity contribution is 0.102. The summed E-state index contributed by atoms with van der Waals surface area (Å²) in [6.07, 6.45) is 1.54. The number of carbonyl (C=O) groups excluding carboxylic acids is 1. The van der Waals surface area contributed by atoms with Gasteiger partial charge in [-0.25, -0.2) is 14.4 Å². The van der Waals surface area contributed by atoms with Gasteiger partial charge in [0.15, 0.2) is 5.82 Å². The molecule has 0 bridgehead atoms. The summed E-state index contributed by atoms with van der Waals surface area (Å²) < 4.78 is 20.0. The highest BCUT2D eigenvalue weighted by Crippen LogP contribution is 2.25. The molecule has 0 unspecified atom stereocenters. The highest BCUT2D eigenvalue weighted by molar-refractivity contribution is 6.31. The van der Waals surface area contributed by atoms with Crippen LogP contribution in [0.25, 0.3) is 11.0 Å². The molecule has 0 atom stereocenters. The molecule has 2 N–H and O–H groups in total. The number of fused-ring (bicyclic) bond motifs is 1. The summed E-state index contributed by atoms with van der Waals surface area (Å²) in [5.41, 5.74) is 0.110. The van der Waals surface area contributed by atoms with Crippen molar-refractivity contribution in [1.82, 2.24) is 4.98 Å². The summed E-state index contributed by atoms with van der Waals surface area (Å²) in [5, 5.41) is 12.8. The van der Waals surface area contributed by atoms with Crippen molar-refractivity contribution in [3.63, 3.8) is 0 Å². The zero-order valence-corrected chi connectivity index (χ0v) is 15.5. The first-order valence-corrected chi connectivity index (χ1v) is 8.87. The van der Waals surface area contributed by atoms with Crippen molar-refractivity contribution in [2.24, 2.45) is 4.99 Å². The molecule has 6 nitrogen and oxygen atoms in total. The number of amides is 1. The van der Waals surface area contributed by atoms with E-state index in [1.54, 1.807) is 24.3 Å². The van der Waals surface area contributed by atoms with Gasteiger partial charge >= 0.3 is 0 Å². The summed E-state index contributed by atoms with van der Waals surface area (Å²) >= 11 is 5.82. The Morgan fingerprint density at radius 2 is 2.00 bits per heavy atom. The second-order valence-electron chi connectivity index (χ2n) is 6.04. The number of halogens is 2. The molecule has 0 aliphatic rings. The fourth-order valence-corrected chi connectivity index (χ4v) is 2.83. The number of nitrogens with zero attached hydrogens (tertiary/aromatic N) is 2. The molecular formula is C21H13ClFN3O3. The van der Waals surface area contributed by atoms with Gasteiger partial charge in [-0.3, -0.25) is 4.79 Å². The van der Waals surface area contributed by atoms with Gasteiger partial charge in [0.25, 0.3) is 5.91 Å². The molecule has 4 rings (SSSR count). The van der Waals surface area contributed by atoms with Gasteiger partial charge in [-0.1, -0.05) is 23.7 Å². The fourth-order valence-electron chi connectivity index (χ4n) is 2.66. The quantitative estimate of drug-likeness (QED) is 0.508. The molecule has 0 aliphatic heterocycles. The summed E-state index contributed by atoms with van der Waals surface area (Å²) in [7, 11) is 0. The Bertz CT molecular complexity index is 1290. The zero-order chi connectivity index (χ0) is 20.4. The average molecular weight is 410 g/mol. The molecule has 8 heteroatoms. The average Bonchev–Trinajstić information content (AvgIpc) is 2.71. The standard InChI is InChI=1S/C21H13ClFN3O3/c22-15-4-3-5-16(19(15)23)25-21-14(20(28)26-18-6-1-2-9-24-18)10-12-7-8-13(27)11-17(12)29-21/h1-11,27H,(H,24,26,28). The maximum absolute atomic E-state index is 14.3. The van der Waals surface area contributed by atoms with E-state index in [1.807, 2.05) is 0 Å². The molecule has 1 amide bonds. The normalized spacial score (nSPS) is 11.6. The Balaban J connectivity index is 1.90. The van der Waals surface area contributed by atoms with Crippen LogP contribution in [0.2, 0.25) is 5.02 Å². The van der Waals surface area contributed by atoms with E-state index in [4.69, 9.17) is 16.0 Å². The third kappa shape index (κ3) is 3.95. The Kier molecular flexibility index (Phi) is 4.97. The van der Waals surface area contributed by atoms with Gasteiger partial charge in [0.2, 0.25) is 5.55 Å². The lowest BCUT2D eigenvalue weighted by atomic mass is 10.1. The Morgan fingerprint density at radius 1 is 1.14 bits per heavy atom. The molecule has 0 fully saturated rings. The zero-order valence-electron chi connectivity index (χ0n) is 14.8. The van der Waals surface area contributed by atoms with E-state index in [2.05, 4.69) is 15.3 Å². The van der Waals surface area contributed by atoms with Crippen LogP contribution in [0.5, 0.6) is 5.75 Å². The number of phenols is 1. The number of aromatic nitrogens is 1. The topological polar surface area (TPSA) is 87.7 Å². The number of hydrogen-bond acceptors (Lipinski definition) is 5. The van der Waals surface area contributed by atoms with E-state index in [9.17, 15) is 14.3 Å². The van der Waals surface area contributed by atoms with Crippen LogP contribution < -0.4 is 10.9 Å². The maximum atomic E-state index is 14.3. The van der Waals surface area contributed by atoms with Crippen molar-refractivity contribution >= 4 is 40.0 Å². The first-order valence-electron chi connectivity index (χ1n) is 8.49. The molecule has 0 saturated heterocycles. The molecule has 0 aliphatic carbocycles. The summed E-state index contributed by atoms with van der Waals surface area (Å²) in [6.45, 7) is 0. The second kappa shape index (κ2) is 7.73. The SMILES string of the molecule is O=C(Nc1ccccn1)c1cc2ccc(O)cc2oc1=Nc1cccc(Cl)c1F. The predicted molar refractivity (Wildman–Crippen MR) is 107 cm³/mol. The van der Waals surface area contributed by atoms with Crippen molar-refractivity contribution in [2.45, 2.75) is 0 Å². The second-order valence-corrected chi connectivity index (χ2v) is 6.45. The van der Waals surface area contributed by atoms with Crippen molar-refractivity contribution in [2.75, 3.05) is 5.32 Å². The van der Waals surface area contributed by atoms with Gasteiger partial charge in [-0.2, -0.15) is 0 Å². The summed E-state index contributed by atoms with van der Waals surface area (Å²) in [6, 6.07) is 15.4. The lowest BCUT2D eigenvalue weighted by Gasteiger charge is -2.07. The van der Waals surface area contributed by atoms with Crippen LogP contribution in [0, 0.1) is 5.82 Å². The summed E-state index contributed by atoms with van der Waals surface area (Å²) in [4.78, 5) is 21.1. The molecule has 4 aromatic rings. The van der Waals surface area contributed by atoms with Crippen molar-refractivity contribution in [1.29, 1.82) is 0 Å². The van der Waals surface area contributed by atoms with Crippen molar-refractivity contribution in [3.05, 3.63) is 88.8 Å². The van der Waals surface area contributed by atoms with E-state index in [1.165, 1.54) is 42.6 Å². The van der Waals surface area contributed by atoms with Gasteiger partial charge in [0.1, 0.15) is 28.4 Å². The minimum atomic E-state index is -0.739. The minimum absolute atomic E-state index is 0.0215. The van der Waals surface area contributed by atoms with Crippen LogP contribution in [0.4, 0.5) is 15.9 Å². The molecule has 29 heavy (non-hydrogen) atoms.